The highest BCUT2D eigenvalue weighted by atomic mass is 19.4. The van der Waals surface area contributed by atoms with Crippen LogP contribution < -0.4 is 0 Å². The summed E-state index contributed by atoms with van der Waals surface area (Å²) in [6.07, 6.45) is -42.0. The number of rotatable bonds is 8. The summed E-state index contributed by atoms with van der Waals surface area (Å²) in [7, 11) is 0. The summed E-state index contributed by atoms with van der Waals surface area (Å²) in [5, 5.41) is 0. The third kappa shape index (κ3) is 7.65. The van der Waals surface area contributed by atoms with Crippen molar-refractivity contribution < 1.29 is 98.1 Å². The second kappa shape index (κ2) is 15.0. The summed E-state index contributed by atoms with van der Waals surface area (Å²) in [4.78, 5) is 25.5. The van der Waals surface area contributed by atoms with Gasteiger partial charge in [-0.3, -0.25) is 0 Å². The number of hydrogen-bond acceptors (Lipinski definition) is 4. The Kier molecular flexibility index (Phi) is 11.7. The Morgan fingerprint density at radius 1 is 0.390 bits per heavy atom. The number of hydrogen-bond donors (Lipinski definition) is 0. The number of aryl methyl sites for hydroxylation is 2. The number of benzene rings is 4. The van der Waals surface area contributed by atoms with Crippen LogP contribution in [0.5, 0.6) is 0 Å². The van der Waals surface area contributed by atoms with E-state index in [9.17, 15) is 62.3 Å². The van der Waals surface area contributed by atoms with Crippen LogP contribution in [0, 0.1) is 13.8 Å². The molecule has 0 aliphatic carbocycles. The van der Waals surface area contributed by atoms with E-state index in [4.69, 9.17) is 0 Å². The van der Waals surface area contributed by atoms with Crippen LogP contribution in [0.2, 0.25) is 0 Å². The fourth-order valence-corrected chi connectivity index (χ4v) is 6.27. The van der Waals surface area contributed by atoms with Crippen LogP contribution >= 0.6 is 0 Å². The monoisotopic (exact) mass is 872 g/mol. The van der Waals surface area contributed by atoms with Crippen molar-refractivity contribution >= 4 is 11.9 Å². The molecule has 0 aliphatic heterocycles. The van der Waals surface area contributed by atoms with Crippen LogP contribution in [0.1, 0.15) is 54.1 Å². The number of esters is 2. The molecular weight excluding hydrogens is 850 g/mol. The van der Waals surface area contributed by atoms with Crippen molar-refractivity contribution in [1.82, 2.24) is 0 Å². The molecule has 0 bridgehead atoms. The van der Waals surface area contributed by atoms with Crippen LogP contribution in [-0.4, -0.2) is 49.0 Å². The molecule has 4 nitrogen and oxygen atoms in total. The van der Waals surface area contributed by atoms with Gasteiger partial charge in [0, 0.05) is 11.1 Å². The highest BCUT2D eigenvalue weighted by Gasteiger charge is 2.79. The molecule has 0 unspecified atom stereocenters. The zero-order valence-corrected chi connectivity index (χ0v) is 29.2. The summed E-state index contributed by atoms with van der Waals surface area (Å²) in [5.41, 5.74) is -33.6. The molecule has 0 aromatic heterocycles. The van der Waals surface area contributed by atoms with E-state index in [2.05, 4.69) is 9.47 Å². The summed E-state index contributed by atoms with van der Waals surface area (Å²) < 4.78 is 278. The maximum atomic E-state index is 15.3. The minimum atomic E-state index is -7.09. The molecule has 59 heavy (non-hydrogen) atoms. The van der Waals surface area contributed by atoms with Crippen LogP contribution in [-0.2, 0) is 26.1 Å². The average Bonchev–Trinajstić information content (AvgIpc) is 3.08. The predicted octanol–water partition coefficient (Wildman–Crippen LogP) is 12.1. The number of halogens is 18. The van der Waals surface area contributed by atoms with E-state index >= 15 is 26.3 Å². The lowest BCUT2D eigenvalue weighted by Crippen LogP contribution is -2.59. The predicted molar refractivity (Wildman–Crippen MR) is 167 cm³/mol. The molecule has 4 rings (SSSR count). The van der Waals surface area contributed by atoms with Gasteiger partial charge in [-0.25, -0.2) is 9.59 Å². The van der Waals surface area contributed by atoms with Gasteiger partial charge >= 0.3 is 60.2 Å². The van der Waals surface area contributed by atoms with Crippen molar-refractivity contribution in [3.63, 3.8) is 0 Å². The van der Waals surface area contributed by atoms with Gasteiger partial charge in [0.2, 0.25) is 5.41 Å². The van der Waals surface area contributed by atoms with Gasteiger partial charge in [-0.05, 0) is 72.5 Å². The maximum absolute atomic E-state index is 15.3. The quantitative estimate of drug-likeness (QED) is 0.131. The largest absolute Gasteiger partial charge is 0.442 e. The molecule has 0 saturated carbocycles. The minimum Gasteiger partial charge on any atom is -0.431 e. The standard InChI is InChI=1S/C37H22F18O4/c1-19-13-15-23(17-25(19)30(34(44,45)46,35(47,48)49)58-27(56)21-9-5-3-6-10-21)29(32(38,39)40,33(41,42)43)24-16-14-20(2)26(18-24)31(36(50,51)52,37(53,54)55)59-28(57)22-11-7-4-8-12-22/h3-18H,1-2H3. The van der Waals surface area contributed by atoms with Gasteiger partial charge in [0.05, 0.1) is 11.1 Å². The molecule has 4 aromatic carbocycles. The molecule has 0 saturated heterocycles. The zero-order valence-electron chi connectivity index (χ0n) is 29.2. The van der Waals surface area contributed by atoms with E-state index in [1.165, 1.54) is 0 Å². The lowest BCUT2D eigenvalue weighted by Gasteiger charge is -2.42. The summed E-state index contributed by atoms with van der Waals surface area (Å²) in [6, 6.07) is 5.66. The number of carbonyl (C=O) groups excluding carboxylic acids is 2. The lowest BCUT2D eigenvalue weighted by molar-refractivity contribution is -0.373. The van der Waals surface area contributed by atoms with Crippen molar-refractivity contribution in [2.24, 2.45) is 0 Å². The molecule has 0 atom stereocenters. The number of alkyl halides is 18. The Hall–Kier alpha value is -5.44. The highest BCUT2D eigenvalue weighted by molar-refractivity contribution is 5.90. The zero-order chi connectivity index (χ0) is 45.0. The van der Waals surface area contributed by atoms with E-state index in [0.29, 0.717) is 38.1 Å². The second-order valence-corrected chi connectivity index (χ2v) is 12.7. The molecule has 0 aliphatic rings. The van der Waals surface area contributed by atoms with Crippen molar-refractivity contribution in [3.8, 4) is 0 Å². The molecule has 22 heteroatoms. The third-order valence-electron chi connectivity index (χ3n) is 9.06. The average molecular weight is 873 g/mol. The van der Waals surface area contributed by atoms with Gasteiger partial charge in [-0.2, -0.15) is 79.0 Å². The highest BCUT2D eigenvalue weighted by Crippen LogP contribution is 2.61. The van der Waals surface area contributed by atoms with Crippen molar-refractivity contribution in [2.75, 3.05) is 0 Å². The molecule has 0 spiro atoms. The summed E-state index contributed by atoms with van der Waals surface area (Å²) >= 11 is 0. The van der Waals surface area contributed by atoms with Crippen LogP contribution in [0.3, 0.4) is 0 Å². The first-order chi connectivity index (χ1) is 26.7. The first kappa shape index (κ1) is 46.3. The van der Waals surface area contributed by atoms with Crippen LogP contribution in [0.25, 0.3) is 0 Å². The fraction of sp³-hybridized carbons (Fsp3) is 0.297. The smallest absolute Gasteiger partial charge is 0.431 e. The summed E-state index contributed by atoms with van der Waals surface area (Å²) in [6.45, 7) is 0.660. The number of ether oxygens (including phenoxy) is 2. The Labute approximate surface area is 319 Å². The van der Waals surface area contributed by atoms with Gasteiger partial charge in [0.15, 0.2) is 0 Å². The molecule has 4 aromatic rings. The second-order valence-electron chi connectivity index (χ2n) is 12.7. The van der Waals surface area contributed by atoms with Gasteiger partial charge in [0.25, 0.3) is 0 Å². The van der Waals surface area contributed by atoms with Gasteiger partial charge in [-0.15, -0.1) is 0 Å². The SMILES string of the molecule is Cc1ccc(C(c2ccc(C)c(C(OC(=O)c3ccccc3)(C(F)(F)F)C(F)(F)F)c2)(C(F)(F)F)C(F)(F)F)cc1C(OC(=O)c1ccccc1)(C(F)(F)F)C(F)(F)F. The first-order valence-electron chi connectivity index (χ1n) is 15.9. The lowest BCUT2D eigenvalue weighted by atomic mass is 9.70. The van der Waals surface area contributed by atoms with Gasteiger partial charge in [0.1, 0.15) is 0 Å². The Balaban J connectivity index is 2.19. The molecule has 0 N–H and O–H groups in total. The van der Waals surface area contributed by atoms with Crippen LogP contribution in [0.15, 0.2) is 97.1 Å². The maximum Gasteiger partial charge on any atom is 0.442 e. The van der Waals surface area contributed by atoms with Gasteiger partial charge in [-0.1, -0.05) is 60.7 Å². The Bertz CT molecular complexity index is 1980. The molecule has 0 heterocycles. The molecule has 0 radical (unpaired) electrons. The Morgan fingerprint density at radius 3 is 0.898 bits per heavy atom. The van der Waals surface area contributed by atoms with Gasteiger partial charge < -0.3 is 9.47 Å². The van der Waals surface area contributed by atoms with E-state index in [0.717, 1.165) is 36.4 Å². The van der Waals surface area contributed by atoms with E-state index in [-0.39, 0.29) is 24.3 Å². The first-order valence-corrected chi connectivity index (χ1v) is 15.9. The minimum absolute atomic E-state index is 0.133. The molecule has 320 valence electrons. The van der Waals surface area contributed by atoms with Crippen LogP contribution in [0.4, 0.5) is 79.0 Å². The Morgan fingerprint density at radius 2 is 0.661 bits per heavy atom. The van der Waals surface area contributed by atoms with E-state index in [1.807, 2.05) is 0 Å². The molecule has 0 fully saturated rings. The molecular formula is C37H22F18O4. The number of carbonyl (C=O) groups is 2. The summed E-state index contributed by atoms with van der Waals surface area (Å²) in [5.74, 6) is -4.88. The fourth-order valence-electron chi connectivity index (χ4n) is 6.27. The third-order valence-corrected chi connectivity index (χ3v) is 9.06. The van der Waals surface area contributed by atoms with Crippen molar-refractivity contribution in [2.45, 2.75) is 67.5 Å². The van der Waals surface area contributed by atoms with Crippen molar-refractivity contribution in [3.05, 3.63) is 142 Å². The topological polar surface area (TPSA) is 52.6 Å². The normalized spacial score (nSPS) is 13.9. The van der Waals surface area contributed by atoms with E-state index < -0.39 is 122 Å². The van der Waals surface area contributed by atoms with Crippen molar-refractivity contribution in [1.29, 1.82) is 0 Å². The van der Waals surface area contributed by atoms with E-state index in [1.54, 1.807) is 0 Å². The molecule has 0 amide bonds.